The van der Waals surface area contributed by atoms with E-state index in [-0.39, 0.29) is 16.7 Å². The molecule has 0 unspecified atom stereocenters. The van der Waals surface area contributed by atoms with Crippen LogP contribution in [0.25, 0.3) is 6.08 Å². The highest BCUT2D eigenvalue weighted by molar-refractivity contribution is 6.31. The maximum absolute atomic E-state index is 12.8. The molecule has 0 saturated heterocycles. The second-order valence-electron chi connectivity index (χ2n) is 4.21. The van der Waals surface area contributed by atoms with Gasteiger partial charge in [-0.3, -0.25) is 0 Å². The molecule has 0 spiro atoms. The Morgan fingerprint density at radius 3 is 2.55 bits per heavy atom. The number of ether oxygens (including phenoxy) is 2. The number of hydrogen-bond acceptors (Lipinski definition) is 3. The Hall–Kier alpha value is -2.21. The molecule has 3 nitrogen and oxygen atoms in total. The Morgan fingerprint density at radius 1 is 1.18 bits per heavy atom. The van der Waals surface area contributed by atoms with Crippen molar-refractivity contribution in [3.8, 4) is 11.6 Å². The maximum atomic E-state index is 12.8. The summed E-state index contributed by atoms with van der Waals surface area (Å²) in [7, 11) is 1.51. The SMILES string of the molecule is CO/C=C/c1ccc(Oc2ccc(Cl)c(C(F)(F)F)c2)nc1. The van der Waals surface area contributed by atoms with Crippen LogP contribution in [0.15, 0.2) is 42.8 Å². The van der Waals surface area contributed by atoms with E-state index < -0.39 is 11.7 Å². The summed E-state index contributed by atoms with van der Waals surface area (Å²) in [5.74, 6) is 0.175. The van der Waals surface area contributed by atoms with Crippen LogP contribution in [0.3, 0.4) is 0 Å². The first-order valence-corrected chi connectivity index (χ1v) is 6.48. The molecule has 0 saturated carbocycles. The van der Waals surface area contributed by atoms with Gasteiger partial charge in [0.15, 0.2) is 0 Å². The summed E-state index contributed by atoms with van der Waals surface area (Å²) in [6.45, 7) is 0. The molecule has 2 aromatic rings. The minimum atomic E-state index is -4.54. The minimum absolute atomic E-state index is 0.00408. The first-order valence-electron chi connectivity index (χ1n) is 6.10. The predicted octanol–water partition coefficient (Wildman–Crippen LogP) is 5.16. The number of alkyl halides is 3. The first kappa shape index (κ1) is 16.2. The number of methoxy groups -OCH3 is 1. The zero-order valence-electron chi connectivity index (χ0n) is 11.4. The topological polar surface area (TPSA) is 31.4 Å². The van der Waals surface area contributed by atoms with Crippen LogP contribution in [0.2, 0.25) is 5.02 Å². The van der Waals surface area contributed by atoms with E-state index in [1.165, 1.54) is 31.7 Å². The van der Waals surface area contributed by atoms with Crippen molar-refractivity contribution in [1.29, 1.82) is 0 Å². The van der Waals surface area contributed by atoms with Crippen molar-refractivity contribution >= 4 is 17.7 Å². The van der Waals surface area contributed by atoms with E-state index in [0.717, 1.165) is 17.7 Å². The Balaban J connectivity index is 2.19. The van der Waals surface area contributed by atoms with Gasteiger partial charge in [-0.05, 0) is 35.9 Å². The molecule has 0 radical (unpaired) electrons. The predicted molar refractivity (Wildman–Crippen MR) is 76.8 cm³/mol. The van der Waals surface area contributed by atoms with Gasteiger partial charge in [0.1, 0.15) is 5.75 Å². The Kier molecular flexibility index (Phi) is 4.92. The highest BCUT2D eigenvalue weighted by Crippen LogP contribution is 2.37. The van der Waals surface area contributed by atoms with Crippen LogP contribution in [0, 0.1) is 0 Å². The van der Waals surface area contributed by atoms with Gasteiger partial charge in [-0.25, -0.2) is 4.98 Å². The zero-order chi connectivity index (χ0) is 16.2. The average Bonchev–Trinajstić information content (AvgIpc) is 2.47. The van der Waals surface area contributed by atoms with E-state index >= 15 is 0 Å². The fraction of sp³-hybridized carbons (Fsp3) is 0.133. The van der Waals surface area contributed by atoms with Gasteiger partial charge in [0, 0.05) is 12.3 Å². The van der Waals surface area contributed by atoms with Gasteiger partial charge in [0.2, 0.25) is 5.88 Å². The Bertz CT molecular complexity index is 669. The maximum Gasteiger partial charge on any atom is 0.417 e. The number of pyridine rings is 1. The van der Waals surface area contributed by atoms with Gasteiger partial charge in [-0.2, -0.15) is 13.2 Å². The fourth-order valence-corrected chi connectivity index (χ4v) is 1.83. The molecule has 0 atom stereocenters. The summed E-state index contributed by atoms with van der Waals surface area (Å²) >= 11 is 5.54. The summed E-state index contributed by atoms with van der Waals surface area (Å²) in [6.07, 6.45) is 0.122. The van der Waals surface area contributed by atoms with Crippen LogP contribution in [0.4, 0.5) is 13.2 Å². The summed E-state index contributed by atoms with van der Waals surface area (Å²) in [4.78, 5) is 4.00. The molecular weight excluding hydrogens is 319 g/mol. The minimum Gasteiger partial charge on any atom is -0.504 e. The fourth-order valence-electron chi connectivity index (χ4n) is 1.60. The molecule has 0 amide bonds. The molecular formula is C15H11ClF3NO2. The molecule has 1 aromatic heterocycles. The van der Waals surface area contributed by atoms with E-state index in [4.69, 9.17) is 21.1 Å². The van der Waals surface area contributed by atoms with Crippen molar-refractivity contribution in [2.24, 2.45) is 0 Å². The van der Waals surface area contributed by atoms with Crippen molar-refractivity contribution in [2.75, 3.05) is 7.11 Å². The number of aromatic nitrogens is 1. The summed E-state index contributed by atoms with van der Waals surface area (Å²) in [6, 6.07) is 6.55. The zero-order valence-corrected chi connectivity index (χ0v) is 12.2. The molecule has 116 valence electrons. The Labute approximate surface area is 130 Å². The van der Waals surface area contributed by atoms with Gasteiger partial charge in [0.05, 0.1) is 24.0 Å². The quantitative estimate of drug-likeness (QED) is 0.726. The molecule has 0 aliphatic rings. The van der Waals surface area contributed by atoms with E-state index in [2.05, 4.69) is 4.98 Å². The molecule has 0 aliphatic carbocycles. The van der Waals surface area contributed by atoms with Crippen molar-refractivity contribution in [3.05, 3.63) is 58.9 Å². The monoisotopic (exact) mass is 329 g/mol. The molecule has 0 aliphatic heterocycles. The molecule has 0 bridgehead atoms. The van der Waals surface area contributed by atoms with Crippen LogP contribution in [-0.4, -0.2) is 12.1 Å². The van der Waals surface area contributed by atoms with Crippen LogP contribution in [-0.2, 0) is 10.9 Å². The third-order valence-electron chi connectivity index (χ3n) is 2.62. The van der Waals surface area contributed by atoms with E-state index in [1.807, 2.05) is 0 Å². The van der Waals surface area contributed by atoms with Gasteiger partial charge >= 0.3 is 6.18 Å². The molecule has 7 heteroatoms. The Morgan fingerprint density at radius 2 is 1.95 bits per heavy atom. The van der Waals surface area contributed by atoms with Crippen molar-refractivity contribution in [1.82, 2.24) is 4.98 Å². The lowest BCUT2D eigenvalue weighted by molar-refractivity contribution is -0.137. The molecule has 1 aromatic carbocycles. The lowest BCUT2D eigenvalue weighted by Crippen LogP contribution is -2.06. The largest absolute Gasteiger partial charge is 0.504 e. The average molecular weight is 330 g/mol. The van der Waals surface area contributed by atoms with Gasteiger partial charge in [-0.15, -0.1) is 0 Å². The number of benzene rings is 1. The van der Waals surface area contributed by atoms with E-state index in [1.54, 1.807) is 12.1 Å². The van der Waals surface area contributed by atoms with Gasteiger partial charge in [-0.1, -0.05) is 11.6 Å². The summed E-state index contributed by atoms with van der Waals surface area (Å²) in [5, 5.41) is -0.382. The highest BCUT2D eigenvalue weighted by atomic mass is 35.5. The lowest BCUT2D eigenvalue weighted by Gasteiger charge is -2.11. The van der Waals surface area contributed by atoms with Crippen LogP contribution in [0.5, 0.6) is 11.6 Å². The molecule has 0 fully saturated rings. The molecule has 22 heavy (non-hydrogen) atoms. The lowest BCUT2D eigenvalue weighted by atomic mass is 10.2. The molecule has 2 rings (SSSR count). The second-order valence-corrected chi connectivity index (χ2v) is 4.62. The van der Waals surface area contributed by atoms with Crippen LogP contribution in [0.1, 0.15) is 11.1 Å². The molecule has 0 N–H and O–H groups in total. The van der Waals surface area contributed by atoms with Gasteiger partial charge < -0.3 is 9.47 Å². The van der Waals surface area contributed by atoms with Crippen molar-refractivity contribution < 1.29 is 22.6 Å². The number of nitrogens with zero attached hydrogens (tertiary/aromatic N) is 1. The second kappa shape index (κ2) is 6.70. The van der Waals surface area contributed by atoms with Gasteiger partial charge in [0.25, 0.3) is 0 Å². The number of hydrogen-bond donors (Lipinski definition) is 0. The number of rotatable bonds is 4. The third-order valence-corrected chi connectivity index (χ3v) is 2.95. The summed E-state index contributed by atoms with van der Waals surface area (Å²) < 4.78 is 48.4. The van der Waals surface area contributed by atoms with Crippen molar-refractivity contribution in [3.63, 3.8) is 0 Å². The smallest absolute Gasteiger partial charge is 0.417 e. The van der Waals surface area contributed by atoms with E-state index in [9.17, 15) is 13.2 Å². The first-order chi connectivity index (χ1) is 10.4. The standard InChI is InChI=1S/C15H11ClF3NO2/c1-21-7-6-10-2-5-14(20-9-10)22-11-3-4-13(16)12(8-11)15(17,18)19/h2-9H,1H3/b7-6+. The third kappa shape index (κ3) is 4.14. The van der Waals surface area contributed by atoms with Crippen LogP contribution < -0.4 is 4.74 Å². The molecule has 1 heterocycles. The van der Waals surface area contributed by atoms with E-state index in [0.29, 0.717) is 0 Å². The summed E-state index contributed by atoms with van der Waals surface area (Å²) in [5.41, 5.74) is -0.187. The van der Waals surface area contributed by atoms with Crippen LogP contribution >= 0.6 is 11.6 Å². The highest BCUT2D eigenvalue weighted by Gasteiger charge is 2.33. The number of halogens is 4. The normalized spacial score (nSPS) is 11.7. The van der Waals surface area contributed by atoms with Crippen molar-refractivity contribution in [2.45, 2.75) is 6.18 Å².